The first kappa shape index (κ1) is 21.9. The van der Waals surface area contributed by atoms with Gasteiger partial charge in [-0.15, -0.1) is 0 Å². The van der Waals surface area contributed by atoms with Crippen molar-refractivity contribution in [1.82, 2.24) is 4.90 Å². The number of carbonyl (C=O) groups is 2. The van der Waals surface area contributed by atoms with Gasteiger partial charge >= 0.3 is 0 Å². The number of amides is 2. The molecule has 2 amide bonds. The highest BCUT2D eigenvalue weighted by atomic mass is 32.2. The molecule has 1 aliphatic heterocycles. The van der Waals surface area contributed by atoms with Crippen molar-refractivity contribution in [2.45, 2.75) is 22.6 Å². The van der Waals surface area contributed by atoms with Crippen LogP contribution < -0.4 is 5.32 Å². The van der Waals surface area contributed by atoms with Gasteiger partial charge in [-0.2, -0.15) is 0 Å². The van der Waals surface area contributed by atoms with Gasteiger partial charge in [-0.3, -0.25) is 9.59 Å². The Balaban J connectivity index is 1.31. The monoisotopic (exact) mass is 442 g/mol. The molecule has 1 aliphatic rings. The average molecular weight is 443 g/mol. The maximum Gasteiger partial charge on any atom is 0.246 e. The van der Waals surface area contributed by atoms with Crippen molar-refractivity contribution in [3.63, 3.8) is 0 Å². The van der Waals surface area contributed by atoms with Crippen LogP contribution >= 0.6 is 11.8 Å². The quantitative estimate of drug-likeness (QED) is 0.496. The van der Waals surface area contributed by atoms with E-state index in [4.69, 9.17) is 0 Å². The summed E-state index contributed by atoms with van der Waals surface area (Å²) in [4.78, 5) is 29.4. The summed E-state index contributed by atoms with van der Waals surface area (Å²) < 4.78 is 0. The molecule has 1 N–H and O–H groups in total. The lowest BCUT2D eigenvalue weighted by Gasteiger charge is -2.30. The topological polar surface area (TPSA) is 49.4 Å². The van der Waals surface area contributed by atoms with Crippen LogP contribution in [0.4, 0.5) is 5.69 Å². The van der Waals surface area contributed by atoms with Crippen LogP contribution in [0.15, 0.2) is 101 Å². The molecule has 4 nitrogen and oxygen atoms in total. The van der Waals surface area contributed by atoms with E-state index < -0.39 is 0 Å². The summed E-state index contributed by atoms with van der Waals surface area (Å²) in [5.74, 6) is -0.0673. The first-order valence-corrected chi connectivity index (χ1v) is 11.7. The van der Waals surface area contributed by atoms with Crippen LogP contribution in [0.2, 0.25) is 0 Å². The van der Waals surface area contributed by atoms with Crippen LogP contribution in [0, 0.1) is 5.92 Å². The number of piperidine rings is 1. The Morgan fingerprint density at radius 1 is 0.844 bits per heavy atom. The van der Waals surface area contributed by atoms with Crippen molar-refractivity contribution in [2.75, 3.05) is 18.4 Å². The largest absolute Gasteiger partial charge is 0.339 e. The second-order valence-electron chi connectivity index (χ2n) is 7.74. The summed E-state index contributed by atoms with van der Waals surface area (Å²) in [6, 6.07) is 27.8. The number of benzene rings is 3. The first-order valence-electron chi connectivity index (χ1n) is 10.8. The Kier molecular flexibility index (Phi) is 7.41. The molecule has 0 atom stereocenters. The Bertz CT molecular complexity index is 1080. The van der Waals surface area contributed by atoms with Gasteiger partial charge in [0.25, 0.3) is 0 Å². The van der Waals surface area contributed by atoms with Gasteiger partial charge in [0.15, 0.2) is 0 Å². The zero-order valence-electron chi connectivity index (χ0n) is 17.8. The minimum atomic E-state index is -0.0908. The van der Waals surface area contributed by atoms with Crippen LogP contribution in [0.5, 0.6) is 0 Å². The third-order valence-electron chi connectivity index (χ3n) is 5.51. The lowest BCUT2D eigenvalue weighted by molar-refractivity contribution is -0.130. The molecule has 0 radical (unpaired) electrons. The molecule has 32 heavy (non-hydrogen) atoms. The predicted molar refractivity (Wildman–Crippen MR) is 130 cm³/mol. The number of para-hydroxylation sites is 1. The van der Waals surface area contributed by atoms with Crippen LogP contribution in [0.3, 0.4) is 0 Å². The highest BCUT2D eigenvalue weighted by Crippen LogP contribution is 2.33. The van der Waals surface area contributed by atoms with Crippen molar-refractivity contribution in [3.8, 4) is 0 Å². The van der Waals surface area contributed by atoms with Crippen LogP contribution in [-0.4, -0.2) is 29.8 Å². The zero-order chi connectivity index (χ0) is 22.2. The molecule has 3 aromatic carbocycles. The van der Waals surface area contributed by atoms with E-state index in [1.54, 1.807) is 17.8 Å². The number of hydrogen-bond donors (Lipinski definition) is 1. The van der Waals surface area contributed by atoms with Gasteiger partial charge in [0, 0.05) is 34.9 Å². The third kappa shape index (κ3) is 5.89. The van der Waals surface area contributed by atoms with Gasteiger partial charge < -0.3 is 10.2 Å². The lowest BCUT2D eigenvalue weighted by atomic mass is 9.95. The average Bonchev–Trinajstić information content (AvgIpc) is 2.85. The number of rotatable bonds is 6. The van der Waals surface area contributed by atoms with Crippen molar-refractivity contribution in [3.05, 3.63) is 96.6 Å². The Hall–Kier alpha value is -3.31. The van der Waals surface area contributed by atoms with Gasteiger partial charge in [-0.25, -0.2) is 0 Å². The molecule has 0 spiro atoms. The van der Waals surface area contributed by atoms with Crippen LogP contribution in [-0.2, 0) is 9.59 Å². The van der Waals surface area contributed by atoms with Gasteiger partial charge in [0.2, 0.25) is 11.8 Å². The number of hydrogen-bond acceptors (Lipinski definition) is 3. The standard InChI is InChI=1S/C27H26N2O2S/c30-26(16-15-21-9-3-1-4-10-21)29-19-17-22(18-20-29)27(31)28-24-13-7-8-14-25(24)32-23-11-5-2-6-12-23/h1-16,22H,17-20H2,(H,28,31)/b16-15+. The summed E-state index contributed by atoms with van der Waals surface area (Å²) >= 11 is 1.64. The minimum absolute atomic E-state index is 0.00248. The number of nitrogens with zero attached hydrogens (tertiary/aromatic N) is 1. The fourth-order valence-corrected chi connectivity index (χ4v) is 4.63. The molecule has 1 fully saturated rings. The number of carbonyl (C=O) groups excluding carboxylic acids is 2. The maximum atomic E-state index is 12.9. The normalized spacial score (nSPS) is 14.4. The number of nitrogens with one attached hydrogen (secondary N) is 1. The van der Waals surface area contributed by atoms with Crippen molar-refractivity contribution in [2.24, 2.45) is 5.92 Å². The molecule has 3 aromatic rings. The molecule has 0 saturated carbocycles. The van der Waals surface area contributed by atoms with E-state index in [-0.39, 0.29) is 17.7 Å². The molecular formula is C27H26N2O2S. The van der Waals surface area contributed by atoms with Crippen molar-refractivity contribution in [1.29, 1.82) is 0 Å². The molecule has 4 rings (SSSR count). The smallest absolute Gasteiger partial charge is 0.246 e. The molecule has 162 valence electrons. The maximum absolute atomic E-state index is 12.9. The predicted octanol–water partition coefficient (Wildman–Crippen LogP) is 5.73. The molecular weight excluding hydrogens is 416 g/mol. The SMILES string of the molecule is O=C(Nc1ccccc1Sc1ccccc1)C1CCN(C(=O)/C=C/c2ccccc2)CC1. The number of likely N-dealkylation sites (tertiary alicyclic amines) is 1. The fourth-order valence-electron chi connectivity index (χ4n) is 3.71. The second kappa shape index (κ2) is 10.8. The molecule has 1 saturated heterocycles. The molecule has 0 unspecified atom stereocenters. The van der Waals surface area contributed by atoms with Crippen LogP contribution in [0.1, 0.15) is 18.4 Å². The van der Waals surface area contributed by atoms with Gasteiger partial charge in [-0.05, 0) is 48.7 Å². The Morgan fingerprint density at radius 3 is 2.19 bits per heavy atom. The van der Waals surface area contributed by atoms with E-state index >= 15 is 0 Å². The van der Waals surface area contributed by atoms with E-state index in [0.717, 1.165) is 21.0 Å². The highest BCUT2D eigenvalue weighted by Gasteiger charge is 2.27. The van der Waals surface area contributed by atoms with Crippen molar-refractivity contribution < 1.29 is 9.59 Å². The van der Waals surface area contributed by atoms with Gasteiger partial charge in [-0.1, -0.05) is 72.4 Å². The summed E-state index contributed by atoms with van der Waals surface area (Å²) in [5.41, 5.74) is 1.83. The zero-order valence-corrected chi connectivity index (χ0v) is 18.6. The molecule has 5 heteroatoms. The lowest BCUT2D eigenvalue weighted by Crippen LogP contribution is -2.40. The third-order valence-corrected chi connectivity index (χ3v) is 6.60. The second-order valence-corrected chi connectivity index (χ2v) is 8.86. The summed E-state index contributed by atoms with van der Waals surface area (Å²) in [7, 11) is 0. The van der Waals surface area contributed by atoms with Crippen molar-refractivity contribution >= 4 is 35.3 Å². The minimum Gasteiger partial charge on any atom is -0.339 e. The Labute approximate surface area is 193 Å². The number of anilines is 1. The molecule has 0 aliphatic carbocycles. The van der Waals surface area contributed by atoms with Crippen LogP contribution in [0.25, 0.3) is 6.08 Å². The van der Waals surface area contributed by atoms with E-state index in [1.807, 2.05) is 83.8 Å². The molecule has 0 aromatic heterocycles. The van der Waals surface area contributed by atoms with E-state index in [9.17, 15) is 9.59 Å². The van der Waals surface area contributed by atoms with E-state index in [0.29, 0.717) is 25.9 Å². The van der Waals surface area contributed by atoms with E-state index in [1.165, 1.54) is 0 Å². The Morgan fingerprint density at radius 2 is 1.47 bits per heavy atom. The van der Waals surface area contributed by atoms with Gasteiger partial charge in [0.1, 0.15) is 0 Å². The van der Waals surface area contributed by atoms with E-state index in [2.05, 4.69) is 17.4 Å². The molecule has 0 bridgehead atoms. The fraction of sp³-hybridized carbons (Fsp3) is 0.185. The summed E-state index contributed by atoms with van der Waals surface area (Å²) in [6.07, 6.45) is 4.80. The van der Waals surface area contributed by atoms with Gasteiger partial charge in [0.05, 0.1) is 5.69 Å². The summed E-state index contributed by atoms with van der Waals surface area (Å²) in [6.45, 7) is 1.19. The summed E-state index contributed by atoms with van der Waals surface area (Å²) in [5, 5.41) is 3.11. The first-order chi connectivity index (χ1) is 15.7. The highest BCUT2D eigenvalue weighted by molar-refractivity contribution is 7.99. The molecule has 1 heterocycles.